The topological polar surface area (TPSA) is 75.2 Å². The number of ketones is 1. The molecule has 1 aromatic heterocycles. The summed E-state index contributed by atoms with van der Waals surface area (Å²) in [6.07, 6.45) is 1.62. The summed E-state index contributed by atoms with van der Waals surface area (Å²) in [4.78, 5) is 42.0. The van der Waals surface area contributed by atoms with Gasteiger partial charge in [-0.05, 0) is 49.7 Å². The highest BCUT2D eigenvalue weighted by atomic mass is 35.5. The number of amides is 1. The van der Waals surface area contributed by atoms with Crippen LogP contribution in [-0.2, 0) is 0 Å². The highest BCUT2D eigenvalue weighted by Gasteiger charge is 2.26. The Balaban J connectivity index is 1.74. The van der Waals surface area contributed by atoms with Gasteiger partial charge in [0.1, 0.15) is 5.56 Å². The molecule has 0 aliphatic rings. The number of halogens is 1. The first-order valence-electron chi connectivity index (χ1n) is 11.9. The number of hydrogen-bond donors (Lipinski definition) is 1. The van der Waals surface area contributed by atoms with Crippen molar-refractivity contribution >= 4 is 23.3 Å². The Morgan fingerprint density at radius 2 is 1.61 bits per heavy atom. The van der Waals surface area contributed by atoms with Gasteiger partial charge in [-0.25, -0.2) is 4.68 Å². The summed E-state index contributed by atoms with van der Waals surface area (Å²) in [7, 11) is 0. The first-order chi connectivity index (χ1) is 17.4. The van der Waals surface area contributed by atoms with E-state index in [1.54, 1.807) is 36.4 Å². The van der Waals surface area contributed by atoms with E-state index in [2.05, 4.69) is 5.10 Å². The van der Waals surface area contributed by atoms with Crippen molar-refractivity contribution < 1.29 is 9.59 Å². The smallest absolute Gasteiger partial charge is 0.282 e. The molecule has 3 aromatic carbocycles. The lowest BCUT2D eigenvalue weighted by atomic mass is 10.0. The normalized spacial score (nSPS) is 10.9. The lowest BCUT2D eigenvalue weighted by Crippen LogP contribution is -2.38. The molecule has 4 rings (SSSR count). The minimum absolute atomic E-state index is 0.0226. The molecule has 184 valence electrons. The molecule has 1 heterocycles. The molecule has 0 aliphatic heterocycles. The van der Waals surface area contributed by atoms with Crippen LogP contribution in [0.25, 0.3) is 16.9 Å². The number of unbranched alkanes of at least 4 members (excludes halogenated alkanes) is 1. The van der Waals surface area contributed by atoms with E-state index >= 15 is 0 Å². The zero-order valence-corrected chi connectivity index (χ0v) is 21.1. The van der Waals surface area contributed by atoms with Crippen molar-refractivity contribution in [2.24, 2.45) is 0 Å². The number of carbonyl (C=O) groups is 2. The summed E-state index contributed by atoms with van der Waals surface area (Å²) in [5.74, 6) is -0.647. The largest absolute Gasteiger partial charge is 0.331 e. The standard InChI is InChI=1S/C29H28ClN3O3/c1-3-4-18-32(28(35)22-12-10-20(2)11-13-22)19-25(34)26-27(21-8-6-5-7-9-21)31-33(29(26)36)24-16-14-23(30)15-17-24/h5-17,31H,3-4,18-19H2,1-2H3. The second kappa shape index (κ2) is 11.2. The molecule has 6 nitrogen and oxygen atoms in total. The third-order valence-corrected chi connectivity index (χ3v) is 6.27. The van der Waals surface area contributed by atoms with Crippen molar-refractivity contribution in [3.05, 3.63) is 111 Å². The van der Waals surface area contributed by atoms with Crippen molar-refractivity contribution in [2.75, 3.05) is 13.1 Å². The zero-order valence-electron chi connectivity index (χ0n) is 20.3. The van der Waals surface area contributed by atoms with Crippen LogP contribution < -0.4 is 5.56 Å². The van der Waals surface area contributed by atoms with Crippen LogP contribution in [0.4, 0.5) is 0 Å². The Morgan fingerprint density at radius 3 is 2.25 bits per heavy atom. The second-order valence-corrected chi connectivity index (χ2v) is 9.15. The fourth-order valence-electron chi connectivity index (χ4n) is 4.01. The maximum absolute atomic E-state index is 13.7. The second-order valence-electron chi connectivity index (χ2n) is 8.71. The molecule has 0 radical (unpaired) electrons. The minimum Gasteiger partial charge on any atom is -0.331 e. The van der Waals surface area contributed by atoms with Gasteiger partial charge in [0.2, 0.25) is 0 Å². The monoisotopic (exact) mass is 501 g/mol. The van der Waals surface area contributed by atoms with Gasteiger partial charge in [0.25, 0.3) is 11.5 Å². The van der Waals surface area contributed by atoms with E-state index in [1.165, 1.54) is 9.58 Å². The van der Waals surface area contributed by atoms with Gasteiger partial charge < -0.3 is 4.90 Å². The third-order valence-electron chi connectivity index (χ3n) is 6.02. The zero-order chi connectivity index (χ0) is 25.7. The first kappa shape index (κ1) is 25.2. The summed E-state index contributed by atoms with van der Waals surface area (Å²) in [6.45, 7) is 4.21. The molecule has 0 unspecified atom stereocenters. The quantitative estimate of drug-likeness (QED) is 0.289. The molecule has 1 amide bonds. The van der Waals surface area contributed by atoms with Gasteiger partial charge in [0.15, 0.2) is 5.78 Å². The van der Waals surface area contributed by atoms with Crippen LogP contribution >= 0.6 is 11.6 Å². The number of nitrogens with zero attached hydrogens (tertiary/aromatic N) is 2. The molecule has 0 fully saturated rings. The van der Waals surface area contributed by atoms with Crippen molar-refractivity contribution in [1.82, 2.24) is 14.7 Å². The Labute approximate surface area is 215 Å². The summed E-state index contributed by atoms with van der Waals surface area (Å²) in [5.41, 5.74) is 2.79. The fourth-order valence-corrected chi connectivity index (χ4v) is 4.14. The number of Topliss-reactive ketones (excluding diaryl/α,β-unsaturated/α-hetero) is 1. The Bertz CT molecular complexity index is 1410. The van der Waals surface area contributed by atoms with Gasteiger partial charge in [0, 0.05) is 22.7 Å². The highest BCUT2D eigenvalue weighted by Crippen LogP contribution is 2.22. The van der Waals surface area contributed by atoms with Crippen LogP contribution in [0, 0.1) is 6.92 Å². The molecule has 4 aromatic rings. The fraction of sp³-hybridized carbons (Fsp3) is 0.207. The van der Waals surface area contributed by atoms with Gasteiger partial charge in [-0.2, -0.15) is 0 Å². The number of hydrogen-bond acceptors (Lipinski definition) is 3. The molecule has 0 saturated heterocycles. The van der Waals surface area contributed by atoms with E-state index < -0.39 is 11.3 Å². The molecule has 36 heavy (non-hydrogen) atoms. The van der Waals surface area contributed by atoms with E-state index in [4.69, 9.17) is 11.6 Å². The molecule has 0 saturated carbocycles. The van der Waals surface area contributed by atoms with E-state index in [0.29, 0.717) is 34.1 Å². The molecule has 0 aliphatic carbocycles. The summed E-state index contributed by atoms with van der Waals surface area (Å²) in [5, 5.41) is 3.64. The predicted octanol–water partition coefficient (Wildman–Crippen LogP) is 5.92. The van der Waals surface area contributed by atoms with Crippen LogP contribution in [0.5, 0.6) is 0 Å². The molecular formula is C29H28ClN3O3. The maximum atomic E-state index is 13.7. The van der Waals surface area contributed by atoms with Crippen molar-refractivity contribution in [3.8, 4) is 16.9 Å². The molecule has 7 heteroatoms. The number of H-pyrrole nitrogens is 1. The molecule has 0 spiro atoms. The van der Waals surface area contributed by atoms with Crippen LogP contribution in [0.2, 0.25) is 5.02 Å². The number of aryl methyl sites for hydroxylation is 1. The summed E-state index contributed by atoms with van der Waals surface area (Å²) in [6, 6.07) is 23.3. The SMILES string of the molecule is CCCCN(CC(=O)c1c(-c2ccccc2)[nH]n(-c2ccc(Cl)cc2)c1=O)C(=O)c1ccc(C)cc1. The van der Waals surface area contributed by atoms with E-state index in [-0.39, 0.29) is 18.0 Å². The molecule has 0 atom stereocenters. The number of nitrogens with one attached hydrogen (secondary N) is 1. The van der Waals surface area contributed by atoms with Crippen molar-refractivity contribution in [3.63, 3.8) is 0 Å². The molecule has 1 N–H and O–H groups in total. The van der Waals surface area contributed by atoms with Gasteiger partial charge in [0.05, 0.1) is 17.9 Å². The first-order valence-corrected chi connectivity index (χ1v) is 12.3. The number of aromatic amines is 1. The molecule has 0 bridgehead atoms. The average molecular weight is 502 g/mol. The molecular weight excluding hydrogens is 474 g/mol. The van der Waals surface area contributed by atoms with Gasteiger partial charge in [-0.15, -0.1) is 0 Å². The van der Waals surface area contributed by atoms with Gasteiger partial charge >= 0.3 is 0 Å². The Morgan fingerprint density at radius 1 is 0.944 bits per heavy atom. The average Bonchev–Trinajstić information content (AvgIpc) is 3.24. The van der Waals surface area contributed by atoms with E-state index in [9.17, 15) is 14.4 Å². The third kappa shape index (κ3) is 5.50. The number of aromatic nitrogens is 2. The van der Waals surface area contributed by atoms with E-state index in [0.717, 1.165) is 18.4 Å². The summed E-state index contributed by atoms with van der Waals surface area (Å²) < 4.78 is 1.34. The summed E-state index contributed by atoms with van der Waals surface area (Å²) >= 11 is 6.02. The predicted molar refractivity (Wildman–Crippen MR) is 143 cm³/mol. The van der Waals surface area contributed by atoms with Crippen molar-refractivity contribution in [2.45, 2.75) is 26.7 Å². The maximum Gasteiger partial charge on any atom is 0.282 e. The number of benzene rings is 3. The number of carbonyl (C=O) groups excluding carboxylic acids is 2. The lowest BCUT2D eigenvalue weighted by Gasteiger charge is -2.22. The van der Waals surface area contributed by atoms with Crippen LogP contribution in [0.1, 0.15) is 46.0 Å². The van der Waals surface area contributed by atoms with E-state index in [1.807, 2.05) is 56.3 Å². The van der Waals surface area contributed by atoms with Gasteiger partial charge in [-0.1, -0.05) is 73.0 Å². The van der Waals surface area contributed by atoms with Crippen LogP contribution in [0.3, 0.4) is 0 Å². The lowest BCUT2D eigenvalue weighted by molar-refractivity contribution is 0.0707. The van der Waals surface area contributed by atoms with Crippen LogP contribution in [-0.4, -0.2) is 39.5 Å². The Hall–Kier alpha value is -3.90. The van der Waals surface area contributed by atoms with Crippen LogP contribution in [0.15, 0.2) is 83.7 Å². The number of rotatable bonds is 9. The highest BCUT2D eigenvalue weighted by molar-refractivity contribution is 6.30. The Kier molecular flexibility index (Phi) is 7.86. The van der Waals surface area contributed by atoms with Crippen molar-refractivity contribution in [1.29, 1.82) is 0 Å². The minimum atomic E-state index is -0.473. The van der Waals surface area contributed by atoms with Gasteiger partial charge in [-0.3, -0.25) is 19.5 Å².